The van der Waals surface area contributed by atoms with Crippen LogP contribution in [0.4, 0.5) is 19.6 Å². The number of aryl methyl sites for hydroxylation is 2. The van der Waals surface area contributed by atoms with E-state index in [9.17, 15) is 8.78 Å². The molecule has 0 saturated carbocycles. The minimum atomic E-state index is -1.13. The number of rotatable bonds is 2. The second kappa shape index (κ2) is 5.17. The molecule has 0 amide bonds. The van der Waals surface area contributed by atoms with Crippen molar-refractivity contribution in [3.05, 3.63) is 39.9 Å². The third-order valence-electron chi connectivity index (χ3n) is 3.29. The number of hydrogen-bond acceptors (Lipinski definition) is 4. The quantitative estimate of drug-likeness (QED) is 0.912. The Morgan fingerprint density at radius 2 is 2.00 bits per heavy atom. The van der Waals surface area contributed by atoms with Gasteiger partial charge in [0.25, 0.3) is 0 Å². The van der Waals surface area contributed by atoms with Gasteiger partial charge in [-0.05, 0) is 37.8 Å². The molecular weight excluding hydrogens is 280 g/mol. The second-order valence-electron chi connectivity index (χ2n) is 4.62. The number of nitrogens with one attached hydrogen (secondary N) is 1. The van der Waals surface area contributed by atoms with Gasteiger partial charge in [0.05, 0.1) is 16.9 Å². The Bertz CT molecular complexity index is 680. The zero-order chi connectivity index (χ0) is 14.1. The maximum Gasteiger partial charge on any atom is 0.187 e. The highest BCUT2D eigenvalue weighted by molar-refractivity contribution is 7.15. The van der Waals surface area contributed by atoms with Gasteiger partial charge in [0.2, 0.25) is 0 Å². The molecule has 0 saturated heterocycles. The van der Waals surface area contributed by atoms with Gasteiger partial charge in [0.15, 0.2) is 16.8 Å². The smallest absolute Gasteiger partial charge is 0.187 e. The summed E-state index contributed by atoms with van der Waals surface area (Å²) in [6.45, 7) is 0. The zero-order valence-electron chi connectivity index (χ0n) is 10.5. The second-order valence-corrected chi connectivity index (χ2v) is 5.71. The summed E-state index contributed by atoms with van der Waals surface area (Å²) in [4.78, 5) is 5.63. The number of nitrogens with zero attached hydrogens (tertiary/aromatic N) is 2. The molecule has 1 aliphatic carbocycles. The predicted octanol–water partition coefficient (Wildman–Crippen LogP) is 3.92. The lowest BCUT2D eigenvalue weighted by atomic mass is 10.0. The highest BCUT2D eigenvalue weighted by atomic mass is 32.1. The van der Waals surface area contributed by atoms with Crippen LogP contribution in [0, 0.1) is 23.0 Å². The van der Waals surface area contributed by atoms with Crippen LogP contribution < -0.4 is 5.32 Å². The summed E-state index contributed by atoms with van der Waals surface area (Å²) in [6.07, 6.45) is 4.21. The van der Waals surface area contributed by atoms with Crippen LogP contribution in [-0.4, -0.2) is 4.98 Å². The molecule has 0 fully saturated rings. The molecule has 1 heterocycles. The maximum absolute atomic E-state index is 13.8. The molecule has 2 aromatic rings. The van der Waals surface area contributed by atoms with E-state index in [-0.39, 0.29) is 11.3 Å². The van der Waals surface area contributed by atoms with E-state index in [1.54, 1.807) is 6.07 Å². The van der Waals surface area contributed by atoms with Crippen LogP contribution in [0.25, 0.3) is 0 Å². The Morgan fingerprint density at radius 3 is 2.75 bits per heavy atom. The molecule has 0 atom stereocenters. The first-order valence-corrected chi connectivity index (χ1v) is 7.14. The van der Waals surface area contributed by atoms with E-state index in [0.29, 0.717) is 5.13 Å². The molecule has 1 aromatic carbocycles. The Hall–Kier alpha value is -2.00. The van der Waals surface area contributed by atoms with Gasteiger partial charge in [-0.3, -0.25) is 0 Å². The van der Waals surface area contributed by atoms with Crippen molar-refractivity contribution in [2.24, 2.45) is 0 Å². The average Bonchev–Trinajstić information content (AvgIpc) is 2.86. The fraction of sp³-hybridized carbons (Fsp3) is 0.286. The summed E-state index contributed by atoms with van der Waals surface area (Å²) in [7, 11) is 0. The number of fused-ring (bicyclic) bond motifs is 1. The number of anilines is 2. The third kappa shape index (κ3) is 2.25. The largest absolute Gasteiger partial charge is 0.329 e. The lowest BCUT2D eigenvalue weighted by molar-refractivity contribution is 0.509. The van der Waals surface area contributed by atoms with Gasteiger partial charge in [0, 0.05) is 4.88 Å². The van der Waals surface area contributed by atoms with Gasteiger partial charge < -0.3 is 5.32 Å². The lowest BCUT2D eigenvalue weighted by Crippen LogP contribution is -2.00. The molecule has 0 aliphatic heterocycles. The van der Waals surface area contributed by atoms with Crippen LogP contribution in [-0.2, 0) is 12.8 Å². The first-order valence-electron chi connectivity index (χ1n) is 6.32. The zero-order valence-corrected chi connectivity index (χ0v) is 11.4. The lowest BCUT2D eigenvalue weighted by Gasteiger charge is -2.06. The molecule has 1 N–H and O–H groups in total. The topological polar surface area (TPSA) is 48.7 Å². The van der Waals surface area contributed by atoms with Crippen molar-refractivity contribution >= 4 is 22.2 Å². The molecular formula is C14H11F2N3S. The first kappa shape index (κ1) is 13.0. The number of thiazole rings is 1. The van der Waals surface area contributed by atoms with Gasteiger partial charge in [-0.25, -0.2) is 13.8 Å². The number of hydrogen-bond donors (Lipinski definition) is 1. The third-order valence-corrected chi connectivity index (χ3v) is 4.36. The van der Waals surface area contributed by atoms with Crippen molar-refractivity contribution in [1.29, 1.82) is 5.26 Å². The maximum atomic E-state index is 13.8. The van der Waals surface area contributed by atoms with Crippen molar-refractivity contribution in [2.75, 3.05) is 5.32 Å². The van der Waals surface area contributed by atoms with Crippen LogP contribution in [0.15, 0.2) is 12.1 Å². The normalized spacial score (nSPS) is 13.7. The summed E-state index contributed by atoms with van der Waals surface area (Å²) in [5.41, 5.74) is 0.761. The molecule has 102 valence electrons. The molecule has 0 spiro atoms. The van der Waals surface area contributed by atoms with Crippen molar-refractivity contribution in [2.45, 2.75) is 25.7 Å². The molecule has 0 radical (unpaired) electrons. The number of halogens is 2. The van der Waals surface area contributed by atoms with Crippen molar-refractivity contribution in [3.8, 4) is 6.07 Å². The molecule has 1 aromatic heterocycles. The van der Waals surface area contributed by atoms with E-state index >= 15 is 0 Å². The Labute approximate surface area is 118 Å². The molecule has 0 unspecified atom stereocenters. The van der Waals surface area contributed by atoms with E-state index in [0.717, 1.165) is 31.4 Å². The summed E-state index contributed by atoms with van der Waals surface area (Å²) in [5.74, 6) is -2.17. The molecule has 3 nitrogen and oxygen atoms in total. The SMILES string of the molecule is N#Cc1ccc(Nc2nc3c(s2)CCCC3)c(F)c1F. The number of aromatic nitrogens is 1. The highest BCUT2D eigenvalue weighted by Crippen LogP contribution is 2.32. The average molecular weight is 291 g/mol. The van der Waals surface area contributed by atoms with Crippen LogP contribution in [0.5, 0.6) is 0 Å². The van der Waals surface area contributed by atoms with Crippen molar-refractivity contribution < 1.29 is 8.78 Å². The number of benzene rings is 1. The fourth-order valence-electron chi connectivity index (χ4n) is 2.25. The van der Waals surface area contributed by atoms with Gasteiger partial charge >= 0.3 is 0 Å². The Morgan fingerprint density at radius 1 is 1.20 bits per heavy atom. The van der Waals surface area contributed by atoms with Gasteiger partial charge in [0.1, 0.15) is 6.07 Å². The van der Waals surface area contributed by atoms with E-state index in [1.165, 1.54) is 28.3 Å². The monoisotopic (exact) mass is 291 g/mol. The van der Waals surface area contributed by atoms with Crippen LogP contribution in [0.2, 0.25) is 0 Å². The van der Waals surface area contributed by atoms with E-state index in [2.05, 4.69) is 10.3 Å². The van der Waals surface area contributed by atoms with E-state index < -0.39 is 11.6 Å². The van der Waals surface area contributed by atoms with Gasteiger partial charge in [-0.15, -0.1) is 11.3 Å². The molecule has 6 heteroatoms. The summed E-state index contributed by atoms with van der Waals surface area (Å²) in [6, 6.07) is 4.23. The summed E-state index contributed by atoms with van der Waals surface area (Å²) < 4.78 is 27.3. The van der Waals surface area contributed by atoms with Gasteiger partial charge in [-0.1, -0.05) is 0 Å². The number of nitriles is 1. The Kier molecular flexibility index (Phi) is 3.36. The molecule has 3 rings (SSSR count). The highest BCUT2D eigenvalue weighted by Gasteiger charge is 2.17. The minimum Gasteiger partial charge on any atom is -0.329 e. The molecule has 0 bridgehead atoms. The van der Waals surface area contributed by atoms with Gasteiger partial charge in [-0.2, -0.15) is 5.26 Å². The molecule has 1 aliphatic rings. The predicted molar refractivity (Wildman–Crippen MR) is 73.1 cm³/mol. The minimum absolute atomic E-state index is 0.00703. The van der Waals surface area contributed by atoms with E-state index in [1.807, 2.05) is 0 Å². The molecule has 20 heavy (non-hydrogen) atoms. The summed E-state index contributed by atoms with van der Waals surface area (Å²) >= 11 is 1.48. The standard InChI is InChI=1S/C14H11F2N3S/c15-12-8(7-17)5-6-10(13(12)16)19-14-18-9-3-1-2-4-11(9)20-14/h5-6H,1-4H2,(H,18,19). The van der Waals surface area contributed by atoms with Crippen LogP contribution in [0.3, 0.4) is 0 Å². The van der Waals surface area contributed by atoms with Crippen LogP contribution in [0.1, 0.15) is 29.0 Å². The van der Waals surface area contributed by atoms with Crippen LogP contribution >= 0.6 is 11.3 Å². The first-order chi connectivity index (χ1) is 9.69. The summed E-state index contributed by atoms with van der Waals surface area (Å²) in [5, 5.41) is 12.0. The van der Waals surface area contributed by atoms with Crippen molar-refractivity contribution in [1.82, 2.24) is 4.98 Å². The Balaban J connectivity index is 1.90. The fourth-order valence-corrected chi connectivity index (χ4v) is 3.32. The van der Waals surface area contributed by atoms with E-state index in [4.69, 9.17) is 5.26 Å². The van der Waals surface area contributed by atoms with Crippen molar-refractivity contribution in [3.63, 3.8) is 0 Å².